The molecule has 0 heterocycles. The molecule has 1 N–H and O–H groups in total. The van der Waals surface area contributed by atoms with Crippen LogP contribution in [0.3, 0.4) is 0 Å². The van der Waals surface area contributed by atoms with Crippen molar-refractivity contribution in [1.82, 2.24) is 5.32 Å². The van der Waals surface area contributed by atoms with E-state index in [0.29, 0.717) is 12.0 Å². The zero-order valence-electron chi connectivity index (χ0n) is 7.73. The summed E-state index contributed by atoms with van der Waals surface area (Å²) in [6, 6.07) is 0.550. The highest BCUT2D eigenvalue weighted by Gasteiger charge is 1.94. The third-order valence-corrected chi connectivity index (χ3v) is 1.56. The minimum Gasteiger partial charge on any atom is -0.389 e. The maximum absolute atomic E-state index is 3.26. The summed E-state index contributed by atoms with van der Waals surface area (Å²) >= 11 is 0. The van der Waals surface area contributed by atoms with Gasteiger partial charge in [0, 0.05) is 6.04 Å². The van der Waals surface area contributed by atoms with Crippen molar-refractivity contribution in [1.29, 1.82) is 0 Å². The molecule has 0 aliphatic heterocycles. The molecule has 0 spiro atoms. The lowest BCUT2D eigenvalue weighted by Gasteiger charge is -2.08. The van der Waals surface area contributed by atoms with E-state index < -0.39 is 0 Å². The molecule has 0 aliphatic rings. The molecule has 0 saturated carbocycles. The molecule has 1 heteroatoms. The first-order valence-corrected chi connectivity index (χ1v) is 3.96. The Balaban J connectivity index is 3.69. The Morgan fingerprint density at radius 1 is 1.20 bits per heavy atom. The summed E-state index contributed by atoms with van der Waals surface area (Å²) in [6.07, 6.45) is 2.11. The van der Waals surface area contributed by atoms with Gasteiger partial charge in [0.05, 0.1) is 0 Å². The van der Waals surface area contributed by atoms with E-state index in [4.69, 9.17) is 0 Å². The monoisotopic (exact) mass is 141 g/mol. The number of nitrogens with one attached hydrogen (secondary N) is 1. The molecule has 0 fully saturated rings. The van der Waals surface area contributed by atoms with Crippen LogP contribution in [0.25, 0.3) is 0 Å². The molecule has 0 unspecified atom stereocenters. The Morgan fingerprint density at radius 3 is 2.00 bits per heavy atom. The van der Waals surface area contributed by atoms with E-state index in [2.05, 4.69) is 46.1 Å². The third kappa shape index (κ3) is 4.42. The Hall–Kier alpha value is -0.460. The van der Waals surface area contributed by atoms with Gasteiger partial charge in [-0.1, -0.05) is 19.4 Å². The predicted molar refractivity (Wildman–Crippen MR) is 46.9 cm³/mol. The number of allylic oxidation sites excluding steroid dienone is 1. The second kappa shape index (κ2) is 4.37. The molecular formula is C9H19N. The van der Waals surface area contributed by atoms with Crippen LogP contribution in [-0.4, -0.2) is 6.04 Å². The van der Waals surface area contributed by atoms with E-state index in [1.165, 1.54) is 5.57 Å². The molecule has 0 atom stereocenters. The summed E-state index contributed by atoms with van der Waals surface area (Å²) < 4.78 is 0. The first kappa shape index (κ1) is 9.54. The molecule has 0 aliphatic carbocycles. The van der Waals surface area contributed by atoms with Crippen molar-refractivity contribution in [2.24, 2.45) is 5.92 Å². The van der Waals surface area contributed by atoms with Crippen molar-refractivity contribution in [3.8, 4) is 0 Å². The lowest BCUT2D eigenvalue weighted by atomic mass is 10.1. The summed E-state index contributed by atoms with van der Waals surface area (Å²) in [7, 11) is 0. The van der Waals surface area contributed by atoms with Gasteiger partial charge in [0.25, 0.3) is 0 Å². The molecule has 0 amide bonds. The molecule has 0 rings (SSSR count). The van der Waals surface area contributed by atoms with Gasteiger partial charge in [0.1, 0.15) is 0 Å². The Kier molecular flexibility index (Phi) is 4.17. The largest absolute Gasteiger partial charge is 0.389 e. The fourth-order valence-corrected chi connectivity index (χ4v) is 0.465. The van der Waals surface area contributed by atoms with E-state index in [1.807, 2.05) is 0 Å². The molecule has 0 radical (unpaired) electrons. The molecule has 0 aromatic carbocycles. The van der Waals surface area contributed by atoms with E-state index in [1.54, 1.807) is 0 Å². The van der Waals surface area contributed by atoms with Crippen LogP contribution in [0.5, 0.6) is 0 Å². The Bertz CT molecular complexity index is 112. The van der Waals surface area contributed by atoms with Crippen LogP contribution < -0.4 is 5.32 Å². The maximum Gasteiger partial charge on any atom is 0.0199 e. The highest BCUT2D eigenvalue weighted by Crippen LogP contribution is 2.05. The van der Waals surface area contributed by atoms with Crippen molar-refractivity contribution in [3.05, 3.63) is 11.8 Å². The quantitative estimate of drug-likeness (QED) is 0.637. The first-order valence-electron chi connectivity index (χ1n) is 3.96. The third-order valence-electron chi connectivity index (χ3n) is 1.56. The molecule has 60 valence electrons. The van der Waals surface area contributed by atoms with E-state index in [0.717, 1.165) is 0 Å². The van der Waals surface area contributed by atoms with Gasteiger partial charge in [-0.15, -0.1) is 0 Å². The molecule has 0 bridgehead atoms. The minimum atomic E-state index is 0.550. The van der Waals surface area contributed by atoms with Crippen LogP contribution in [-0.2, 0) is 0 Å². The summed E-state index contributed by atoms with van der Waals surface area (Å²) in [5.41, 5.74) is 1.41. The second-order valence-corrected chi connectivity index (χ2v) is 3.36. The topological polar surface area (TPSA) is 12.0 Å². The predicted octanol–water partition coefficient (Wildman–Crippen LogP) is 2.54. The Labute approximate surface area is 64.5 Å². The molecule has 1 nitrogen and oxygen atoms in total. The summed E-state index contributed by atoms with van der Waals surface area (Å²) in [5.74, 6) is 0.659. The van der Waals surface area contributed by atoms with E-state index in [9.17, 15) is 0 Å². The van der Waals surface area contributed by atoms with Crippen LogP contribution in [0.1, 0.15) is 34.6 Å². The highest BCUT2D eigenvalue weighted by molar-refractivity contribution is 4.99. The first-order chi connectivity index (χ1) is 4.54. The molecular weight excluding hydrogens is 122 g/mol. The average molecular weight is 141 g/mol. The molecule has 0 aromatic heterocycles. The van der Waals surface area contributed by atoms with Crippen molar-refractivity contribution in [2.75, 3.05) is 0 Å². The highest BCUT2D eigenvalue weighted by atomic mass is 14.9. The lowest BCUT2D eigenvalue weighted by molar-refractivity contribution is 0.677. The zero-order chi connectivity index (χ0) is 8.15. The number of hydrogen-bond acceptors (Lipinski definition) is 1. The minimum absolute atomic E-state index is 0.550. The average Bonchev–Trinajstić information content (AvgIpc) is 1.82. The lowest BCUT2D eigenvalue weighted by Crippen LogP contribution is -2.16. The van der Waals surface area contributed by atoms with Gasteiger partial charge in [-0.3, -0.25) is 0 Å². The van der Waals surface area contributed by atoms with Gasteiger partial charge in [0.15, 0.2) is 0 Å². The van der Waals surface area contributed by atoms with E-state index in [-0.39, 0.29) is 0 Å². The summed E-state index contributed by atoms with van der Waals surface area (Å²) in [6.45, 7) is 10.8. The van der Waals surface area contributed by atoms with Crippen LogP contribution in [0.2, 0.25) is 0 Å². The number of hydrogen-bond donors (Lipinski definition) is 1. The van der Waals surface area contributed by atoms with Crippen LogP contribution in [0.15, 0.2) is 11.8 Å². The van der Waals surface area contributed by atoms with Gasteiger partial charge in [-0.2, -0.15) is 0 Å². The fraction of sp³-hybridized carbons (Fsp3) is 0.778. The van der Waals surface area contributed by atoms with Crippen molar-refractivity contribution in [3.63, 3.8) is 0 Å². The van der Waals surface area contributed by atoms with Crippen LogP contribution in [0, 0.1) is 5.92 Å². The summed E-state index contributed by atoms with van der Waals surface area (Å²) in [4.78, 5) is 0. The van der Waals surface area contributed by atoms with E-state index >= 15 is 0 Å². The van der Waals surface area contributed by atoms with Crippen molar-refractivity contribution >= 4 is 0 Å². The van der Waals surface area contributed by atoms with Gasteiger partial charge in [0.2, 0.25) is 0 Å². The normalized spacial score (nSPS) is 12.9. The van der Waals surface area contributed by atoms with Crippen LogP contribution in [0.4, 0.5) is 0 Å². The maximum atomic E-state index is 3.26. The molecule has 0 saturated heterocycles. The number of rotatable bonds is 3. The van der Waals surface area contributed by atoms with Crippen LogP contribution >= 0.6 is 0 Å². The Morgan fingerprint density at radius 2 is 1.70 bits per heavy atom. The smallest absolute Gasteiger partial charge is 0.0199 e. The van der Waals surface area contributed by atoms with Crippen molar-refractivity contribution < 1.29 is 0 Å². The fourth-order valence-electron chi connectivity index (χ4n) is 0.465. The van der Waals surface area contributed by atoms with Gasteiger partial charge >= 0.3 is 0 Å². The van der Waals surface area contributed by atoms with Gasteiger partial charge in [-0.05, 0) is 32.9 Å². The SMILES string of the molecule is C/C(=C\NC(C)C)C(C)C. The van der Waals surface area contributed by atoms with Crippen molar-refractivity contribution in [2.45, 2.75) is 40.7 Å². The van der Waals surface area contributed by atoms with Gasteiger partial charge < -0.3 is 5.32 Å². The standard InChI is InChI=1S/C9H19N/c1-7(2)9(5)6-10-8(3)4/h6-8,10H,1-5H3/b9-6+. The molecule has 10 heavy (non-hydrogen) atoms. The summed E-state index contributed by atoms with van der Waals surface area (Å²) in [5, 5.41) is 3.26. The zero-order valence-corrected chi connectivity index (χ0v) is 7.73. The van der Waals surface area contributed by atoms with Gasteiger partial charge in [-0.25, -0.2) is 0 Å². The second-order valence-electron chi connectivity index (χ2n) is 3.36. The molecule has 0 aromatic rings.